The quantitative estimate of drug-likeness (QED) is 0.853. The van der Waals surface area contributed by atoms with Crippen molar-refractivity contribution in [2.75, 3.05) is 39.8 Å². The van der Waals surface area contributed by atoms with Crippen LogP contribution in [-0.2, 0) is 4.79 Å². The van der Waals surface area contributed by atoms with Gasteiger partial charge in [-0.25, -0.2) is 0 Å². The molecule has 3 rings (SSSR count). The van der Waals surface area contributed by atoms with Gasteiger partial charge in [0, 0.05) is 32.7 Å². The summed E-state index contributed by atoms with van der Waals surface area (Å²) in [7, 11) is 2.15. The van der Waals surface area contributed by atoms with E-state index < -0.39 is 0 Å². The van der Waals surface area contributed by atoms with Crippen molar-refractivity contribution in [1.29, 1.82) is 0 Å². The van der Waals surface area contributed by atoms with Crippen molar-refractivity contribution in [3.8, 4) is 0 Å². The molecule has 2 heterocycles. The molecule has 24 heavy (non-hydrogen) atoms. The van der Waals surface area contributed by atoms with E-state index in [4.69, 9.17) is 0 Å². The van der Waals surface area contributed by atoms with Crippen molar-refractivity contribution < 1.29 is 4.79 Å². The Morgan fingerprint density at radius 1 is 1.08 bits per heavy atom. The summed E-state index contributed by atoms with van der Waals surface area (Å²) in [5, 5.41) is 0. The number of rotatable bonds is 3. The predicted octanol–water partition coefficient (Wildman–Crippen LogP) is 2.60. The van der Waals surface area contributed by atoms with Crippen molar-refractivity contribution in [3.63, 3.8) is 0 Å². The molecule has 4 heteroatoms. The molecule has 1 aromatic rings. The van der Waals surface area contributed by atoms with Gasteiger partial charge < -0.3 is 9.80 Å². The standard InChI is InChI=1S/C20H31N3O/c1-15-7-8-18(14-16(15)2)19-6-5-9-23(19)20(24)17(3)22-12-10-21(4)11-13-22/h7-8,14,17,19H,5-6,9-13H2,1-4H3/t17-,19+/m0/s1. The van der Waals surface area contributed by atoms with Crippen LogP contribution in [0.2, 0.25) is 0 Å². The molecule has 0 aliphatic carbocycles. The molecule has 2 fully saturated rings. The van der Waals surface area contributed by atoms with E-state index in [1.807, 2.05) is 0 Å². The zero-order valence-electron chi connectivity index (χ0n) is 15.6. The fraction of sp³-hybridized carbons (Fsp3) is 0.650. The molecule has 2 aliphatic heterocycles. The Balaban J connectivity index is 1.72. The molecule has 2 saturated heterocycles. The number of nitrogens with zero attached hydrogens (tertiary/aromatic N) is 3. The maximum Gasteiger partial charge on any atom is 0.240 e. The van der Waals surface area contributed by atoms with Gasteiger partial charge in [-0.15, -0.1) is 0 Å². The first-order valence-electron chi connectivity index (χ1n) is 9.27. The van der Waals surface area contributed by atoms with Crippen molar-refractivity contribution in [2.24, 2.45) is 0 Å². The van der Waals surface area contributed by atoms with Crippen LogP contribution in [0.15, 0.2) is 18.2 Å². The topological polar surface area (TPSA) is 26.8 Å². The number of amides is 1. The lowest BCUT2D eigenvalue weighted by Gasteiger charge is -2.38. The minimum atomic E-state index is -0.00848. The van der Waals surface area contributed by atoms with E-state index >= 15 is 0 Å². The van der Waals surface area contributed by atoms with Crippen molar-refractivity contribution >= 4 is 5.91 Å². The van der Waals surface area contributed by atoms with Gasteiger partial charge in [-0.05, 0) is 57.4 Å². The second-order valence-electron chi connectivity index (χ2n) is 7.55. The van der Waals surface area contributed by atoms with Crippen LogP contribution in [0.5, 0.6) is 0 Å². The van der Waals surface area contributed by atoms with E-state index in [-0.39, 0.29) is 12.1 Å². The zero-order chi connectivity index (χ0) is 17.3. The van der Waals surface area contributed by atoms with Crippen LogP contribution < -0.4 is 0 Å². The summed E-state index contributed by atoms with van der Waals surface area (Å²) in [6.45, 7) is 11.4. The normalized spacial score (nSPS) is 24.3. The van der Waals surface area contributed by atoms with Crippen LogP contribution in [0.4, 0.5) is 0 Å². The summed E-state index contributed by atoms with van der Waals surface area (Å²) in [6, 6.07) is 6.92. The summed E-state index contributed by atoms with van der Waals surface area (Å²) in [4.78, 5) is 19.9. The Hall–Kier alpha value is -1.39. The Morgan fingerprint density at radius 3 is 2.46 bits per heavy atom. The molecule has 0 N–H and O–H groups in total. The minimum absolute atomic E-state index is 0.00848. The third-order valence-corrected chi connectivity index (χ3v) is 5.89. The van der Waals surface area contributed by atoms with Crippen molar-refractivity contribution in [1.82, 2.24) is 14.7 Å². The number of likely N-dealkylation sites (N-methyl/N-ethyl adjacent to an activating group) is 1. The number of aryl methyl sites for hydroxylation is 2. The zero-order valence-corrected chi connectivity index (χ0v) is 15.6. The number of carbonyl (C=O) groups is 1. The highest BCUT2D eigenvalue weighted by Crippen LogP contribution is 2.33. The van der Waals surface area contributed by atoms with Crippen molar-refractivity contribution in [2.45, 2.75) is 45.7 Å². The minimum Gasteiger partial charge on any atom is -0.334 e. The van der Waals surface area contributed by atoms with Gasteiger partial charge in [0.1, 0.15) is 0 Å². The molecule has 1 amide bonds. The highest BCUT2D eigenvalue weighted by atomic mass is 16.2. The lowest BCUT2D eigenvalue weighted by Crippen LogP contribution is -2.53. The summed E-state index contributed by atoms with van der Waals surface area (Å²) in [5.41, 5.74) is 3.94. The van der Waals surface area contributed by atoms with E-state index in [1.54, 1.807) is 0 Å². The van der Waals surface area contributed by atoms with E-state index in [2.05, 4.69) is 60.7 Å². The lowest BCUT2D eigenvalue weighted by atomic mass is 9.99. The van der Waals surface area contributed by atoms with Gasteiger partial charge in [-0.3, -0.25) is 9.69 Å². The third kappa shape index (κ3) is 3.50. The summed E-state index contributed by atoms with van der Waals surface area (Å²) >= 11 is 0. The SMILES string of the molecule is Cc1ccc([C@H]2CCCN2C(=O)[C@H](C)N2CCN(C)CC2)cc1C. The molecule has 0 radical (unpaired) electrons. The maximum absolute atomic E-state index is 13.1. The second kappa shape index (κ2) is 7.24. The van der Waals surface area contributed by atoms with E-state index in [9.17, 15) is 4.79 Å². The Bertz CT molecular complexity index is 593. The Morgan fingerprint density at radius 2 is 1.79 bits per heavy atom. The fourth-order valence-electron chi connectivity index (χ4n) is 3.95. The summed E-state index contributed by atoms with van der Waals surface area (Å²) in [5.74, 6) is 0.306. The Labute approximate surface area is 146 Å². The highest BCUT2D eigenvalue weighted by molar-refractivity contribution is 5.82. The number of piperazine rings is 1. The molecule has 2 aliphatic rings. The fourth-order valence-corrected chi connectivity index (χ4v) is 3.95. The first kappa shape index (κ1) is 17.4. The van der Waals surface area contributed by atoms with Crippen LogP contribution in [0.3, 0.4) is 0 Å². The van der Waals surface area contributed by atoms with Gasteiger partial charge in [-0.1, -0.05) is 18.2 Å². The van der Waals surface area contributed by atoms with Gasteiger partial charge in [0.15, 0.2) is 0 Å². The molecule has 132 valence electrons. The monoisotopic (exact) mass is 329 g/mol. The number of carbonyl (C=O) groups excluding carboxylic acids is 1. The number of likely N-dealkylation sites (tertiary alicyclic amines) is 1. The molecule has 4 nitrogen and oxygen atoms in total. The van der Waals surface area contributed by atoms with Gasteiger partial charge in [0.2, 0.25) is 5.91 Å². The van der Waals surface area contributed by atoms with Crippen LogP contribution >= 0.6 is 0 Å². The molecule has 0 spiro atoms. The van der Waals surface area contributed by atoms with Gasteiger partial charge in [0.25, 0.3) is 0 Å². The highest BCUT2D eigenvalue weighted by Gasteiger charge is 2.35. The van der Waals surface area contributed by atoms with Gasteiger partial charge in [-0.2, -0.15) is 0 Å². The number of hydrogen-bond donors (Lipinski definition) is 0. The Kier molecular flexibility index (Phi) is 5.26. The van der Waals surface area contributed by atoms with Gasteiger partial charge >= 0.3 is 0 Å². The first-order valence-corrected chi connectivity index (χ1v) is 9.27. The summed E-state index contributed by atoms with van der Waals surface area (Å²) < 4.78 is 0. The third-order valence-electron chi connectivity index (χ3n) is 5.89. The van der Waals surface area contributed by atoms with Crippen LogP contribution in [0, 0.1) is 13.8 Å². The van der Waals surface area contributed by atoms with E-state index in [1.165, 1.54) is 16.7 Å². The molecular weight excluding hydrogens is 298 g/mol. The molecule has 0 bridgehead atoms. The lowest BCUT2D eigenvalue weighted by molar-refractivity contribution is -0.138. The van der Waals surface area contributed by atoms with Crippen LogP contribution in [-0.4, -0.2) is 66.4 Å². The average Bonchev–Trinajstić information content (AvgIpc) is 3.06. The number of hydrogen-bond acceptors (Lipinski definition) is 3. The largest absolute Gasteiger partial charge is 0.334 e. The molecule has 2 atom stereocenters. The van der Waals surface area contributed by atoms with Crippen LogP contribution in [0.25, 0.3) is 0 Å². The average molecular weight is 329 g/mol. The first-order chi connectivity index (χ1) is 11.5. The second-order valence-corrected chi connectivity index (χ2v) is 7.55. The van der Waals surface area contributed by atoms with Crippen LogP contribution in [0.1, 0.15) is 42.5 Å². The molecule has 0 unspecified atom stereocenters. The van der Waals surface area contributed by atoms with Crippen molar-refractivity contribution in [3.05, 3.63) is 34.9 Å². The summed E-state index contributed by atoms with van der Waals surface area (Å²) in [6.07, 6.45) is 2.20. The predicted molar refractivity (Wildman–Crippen MR) is 98.1 cm³/mol. The van der Waals surface area contributed by atoms with E-state index in [0.717, 1.165) is 45.6 Å². The molecule has 0 aromatic heterocycles. The molecule has 1 aromatic carbocycles. The smallest absolute Gasteiger partial charge is 0.240 e. The number of benzene rings is 1. The van der Waals surface area contributed by atoms with Gasteiger partial charge in [0.05, 0.1) is 12.1 Å². The maximum atomic E-state index is 13.1. The molecule has 0 saturated carbocycles. The van der Waals surface area contributed by atoms with E-state index in [0.29, 0.717) is 5.91 Å². The molecular formula is C20H31N3O.